The topological polar surface area (TPSA) is 21.7 Å². The van der Waals surface area contributed by atoms with Gasteiger partial charge in [-0.15, -0.1) is 0 Å². The van der Waals surface area contributed by atoms with E-state index in [0.29, 0.717) is 11.5 Å². The van der Waals surface area contributed by atoms with E-state index in [9.17, 15) is 0 Å². The van der Waals surface area contributed by atoms with Gasteiger partial charge >= 0.3 is 0 Å². The van der Waals surface area contributed by atoms with Gasteiger partial charge in [-0.1, -0.05) is 117 Å². The molecule has 0 atom stereocenters. The molecule has 1 heterocycles. The van der Waals surface area contributed by atoms with E-state index in [4.69, 9.17) is 9.47 Å². The van der Waals surface area contributed by atoms with Gasteiger partial charge in [-0.05, 0) is 104 Å². The van der Waals surface area contributed by atoms with Crippen LogP contribution in [0.1, 0.15) is 25.0 Å². The van der Waals surface area contributed by atoms with Crippen LogP contribution in [0.25, 0.3) is 43.8 Å². The maximum atomic E-state index is 6.65. The SMILES string of the molecule is CC1(C)c2ccccc2-c2ccc(N(c3ccc(-c4ccc5ccccc5c4)cc3)c3cc4c5c(cccc5c3)Oc3ccccc3O4)cc21. The number of para-hydroxylation sites is 2. The molecule has 0 radical (unpaired) electrons. The summed E-state index contributed by atoms with van der Waals surface area (Å²) in [5.74, 6) is 2.96. The molecule has 0 spiro atoms. The fourth-order valence-corrected chi connectivity index (χ4v) is 7.94. The van der Waals surface area contributed by atoms with Gasteiger partial charge in [0.05, 0.1) is 11.1 Å². The van der Waals surface area contributed by atoms with Crippen molar-refractivity contribution in [2.75, 3.05) is 4.90 Å². The fraction of sp³-hybridized carbons (Fsp3) is 0.0638. The van der Waals surface area contributed by atoms with E-state index in [0.717, 1.165) is 39.3 Å². The molecular weight excluding hydrogens is 611 g/mol. The van der Waals surface area contributed by atoms with E-state index in [1.807, 2.05) is 30.3 Å². The molecule has 238 valence electrons. The number of rotatable bonds is 4. The minimum Gasteiger partial charge on any atom is -0.453 e. The highest BCUT2D eigenvalue weighted by atomic mass is 16.5. The van der Waals surface area contributed by atoms with Crippen molar-refractivity contribution in [2.24, 2.45) is 0 Å². The van der Waals surface area contributed by atoms with Gasteiger partial charge in [0, 0.05) is 22.9 Å². The summed E-state index contributed by atoms with van der Waals surface area (Å²) in [6, 6.07) is 58.3. The van der Waals surface area contributed by atoms with Crippen molar-refractivity contribution in [3.8, 4) is 45.3 Å². The highest BCUT2D eigenvalue weighted by Gasteiger charge is 2.36. The number of ether oxygens (including phenoxy) is 2. The Labute approximate surface area is 291 Å². The molecule has 50 heavy (non-hydrogen) atoms. The van der Waals surface area contributed by atoms with E-state index >= 15 is 0 Å². The molecule has 0 amide bonds. The molecule has 0 fully saturated rings. The summed E-state index contributed by atoms with van der Waals surface area (Å²) in [6.07, 6.45) is 0. The number of hydrogen-bond donors (Lipinski definition) is 0. The van der Waals surface area contributed by atoms with Gasteiger partial charge in [0.2, 0.25) is 0 Å². The zero-order chi connectivity index (χ0) is 33.4. The summed E-state index contributed by atoms with van der Waals surface area (Å²) < 4.78 is 13.0. The summed E-state index contributed by atoms with van der Waals surface area (Å²) in [6.45, 7) is 4.67. The Balaban J connectivity index is 1.15. The van der Waals surface area contributed by atoms with Crippen LogP contribution < -0.4 is 14.4 Å². The van der Waals surface area contributed by atoms with E-state index in [1.165, 1.54) is 44.2 Å². The zero-order valence-corrected chi connectivity index (χ0v) is 27.9. The second-order valence-electron chi connectivity index (χ2n) is 13.8. The normalized spacial score (nSPS) is 13.5. The van der Waals surface area contributed by atoms with Crippen LogP contribution >= 0.6 is 0 Å². The number of fused-ring (bicyclic) bond motifs is 5. The molecule has 3 heteroatoms. The van der Waals surface area contributed by atoms with Gasteiger partial charge in [0.25, 0.3) is 0 Å². The predicted molar refractivity (Wildman–Crippen MR) is 206 cm³/mol. The Kier molecular flexibility index (Phi) is 6.22. The quantitative estimate of drug-likeness (QED) is 0.190. The monoisotopic (exact) mass is 643 g/mol. The van der Waals surface area contributed by atoms with Gasteiger partial charge in [-0.25, -0.2) is 0 Å². The molecular formula is C47H33NO2. The van der Waals surface area contributed by atoms with E-state index in [1.54, 1.807) is 0 Å². The molecule has 1 aliphatic heterocycles. The van der Waals surface area contributed by atoms with Crippen LogP contribution in [-0.4, -0.2) is 0 Å². The van der Waals surface area contributed by atoms with Crippen molar-refractivity contribution in [3.05, 3.63) is 175 Å². The van der Waals surface area contributed by atoms with Gasteiger partial charge < -0.3 is 14.4 Å². The van der Waals surface area contributed by atoms with E-state index in [2.05, 4.69) is 152 Å². The first-order valence-electron chi connectivity index (χ1n) is 17.2. The first-order valence-corrected chi connectivity index (χ1v) is 17.2. The minimum atomic E-state index is -0.125. The van der Waals surface area contributed by atoms with Crippen molar-refractivity contribution >= 4 is 38.6 Å². The molecule has 3 nitrogen and oxygen atoms in total. The third kappa shape index (κ3) is 4.44. The molecule has 0 aromatic heterocycles. The smallest absolute Gasteiger partial charge is 0.169 e. The van der Waals surface area contributed by atoms with E-state index in [-0.39, 0.29) is 5.41 Å². The average molecular weight is 644 g/mol. The number of hydrogen-bond acceptors (Lipinski definition) is 3. The van der Waals surface area contributed by atoms with Crippen molar-refractivity contribution < 1.29 is 9.47 Å². The largest absolute Gasteiger partial charge is 0.453 e. The van der Waals surface area contributed by atoms with Crippen LogP contribution in [0.15, 0.2) is 164 Å². The molecule has 2 aliphatic rings. The molecule has 8 aromatic carbocycles. The molecule has 8 aromatic rings. The van der Waals surface area contributed by atoms with Crippen LogP contribution in [0.4, 0.5) is 17.1 Å². The van der Waals surface area contributed by atoms with Gasteiger partial charge in [-0.3, -0.25) is 0 Å². The van der Waals surface area contributed by atoms with Crippen molar-refractivity contribution in [1.82, 2.24) is 0 Å². The summed E-state index contributed by atoms with van der Waals surface area (Å²) in [7, 11) is 0. The summed E-state index contributed by atoms with van der Waals surface area (Å²) >= 11 is 0. The Bertz CT molecular complexity index is 2640. The lowest BCUT2D eigenvalue weighted by Crippen LogP contribution is -2.16. The number of anilines is 3. The van der Waals surface area contributed by atoms with E-state index < -0.39 is 0 Å². The zero-order valence-electron chi connectivity index (χ0n) is 27.9. The number of nitrogens with zero attached hydrogens (tertiary/aromatic N) is 1. The molecule has 0 unspecified atom stereocenters. The minimum absolute atomic E-state index is 0.125. The fourth-order valence-electron chi connectivity index (χ4n) is 7.94. The number of benzene rings is 8. The predicted octanol–water partition coefficient (Wildman–Crippen LogP) is 13.3. The lowest BCUT2D eigenvalue weighted by atomic mass is 9.82. The lowest BCUT2D eigenvalue weighted by Gasteiger charge is -2.29. The average Bonchev–Trinajstić information content (AvgIpc) is 3.26. The summed E-state index contributed by atoms with van der Waals surface area (Å²) in [4.78, 5) is 2.35. The Morgan fingerprint density at radius 3 is 1.88 bits per heavy atom. The Hall–Kier alpha value is -6.32. The van der Waals surface area contributed by atoms with Gasteiger partial charge in [-0.2, -0.15) is 0 Å². The molecule has 0 bridgehead atoms. The Morgan fingerprint density at radius 1 is 0.400 bits per heavy atom. The summed E-state index contributed by atoms with van der Waals surface area (Å²) in [5.41, 5.74) is 10.7. The molecule has 10 rings (SSSR count). The summed E-state index contributed by atoms with van der Waals surface area (Å²) in [5, 5.41) is 4.50. The van der Waals surface area contributed by atoms with Crippen LogP contribution in [0.5, 0.6) is 23.0 Å². The highest BCUT2D eigenvalue weighted by Crippen LogP contribution is 2.52. The Morgan fingerprint density at radius 2 is 1.04 bits per heavy atom. The van der Waals surface area contributed by atoms with Crippen LogP contribution in [-0.2, 0) is 5.41 Å². The molecule has 0 saturated carbocycles. The third-order valence-electron chi connectivity index (χ3n) is 10.5. The second-order valence-corrected chi connectivity index (χ2v) is 13.8. The van der Waals surface area contributed by atoms with Gasteiger partial charge in [0.15, 0.2) is 11.5 Å². The third-order valence-corrected chi connectivity index (χ3v) is 10.5. The van der Waals surface area contributed by atoms with Crippen LogP contribution in [0, 0.1) is 0 Å². The van der Waals surface area contributed by atoms with Crippen LogP contribution in [0.2, 0.25) is 0 Å². The van der Waals surface area contributed by atoms with Gasteiger partial charge in [0.1, 0.15) is 11.5 Å². The lowest BCUT2D eigenvalue weighted by molar-refractivity contribution is 0.439. The highest BCUT2D eigenvalue weighted by molar-refractivity contribution is 5.99. The van der Waals surface area contributed by atoms with Crippen LogP contribution in [0.3, 0.4) is 0 Å². The van der Waals surface area contributed by atoms with Crippen molar-refractivity contribution in [1.29, 1.82) is 0 Å². The standard InChI is InChI=1S/C47H33NO2/c1-47(2)40-14-6-5-13-38(40)39-25-24-36(28-41(39)47)48(35-22-20-31(21-23-35)33-19-18-30-10-3-4-11-32(30)26-33)37-27-34-12-9-17-44-46(34)45(29-37)50-43-16-8-7-15-42(43)49-44/h3-29H,1-2H3. The molecule has 0 N–H and O–H groups in total. The first-order chi connectivity index (χ1) is 24.5. The molecule has 0 saturated heterocycles. The maximum absolute atomic E-state index is 6.65. The van der Waals surface area contributed by atoms with Crippen molar-refractivity contribution in [2.45, 2.75) is 19.3 Å². The second kappa shape index (κ2) is 10.8. The maximum Gasteiger partial charge on any atom is 0.169 e. The van der Waals surface area contributed by atoms with Crippen molar-refractivity contribution in [3.63, 3.8) is 0 Å². The first kappa shape index (κ1) is 28.7. The molecule has 1 aliphatic carbocycles.